The molecule has 3 N–H and O–H groups in total. The number of aromatic nitrogens is 1. The maximum absolute atomic E-state index is 12.7. The number of hydrogen-bond donors (Lipinski definition) is 2. The normalized spacial score (nSPS) is 10.6. The van der Waals surface area contributed by atoms with Gasteiger partial charge < -0.3 is 25.0 Å². The van der Waals surface area contributed by atoms with Crippen LogP contribution in [0.5, 0.6) is 11.5 Å². The fourth-order valence-electron chi connectivity index (χ4n) is 2.51. The molecule has 0 atom stereocenters. The van der Waals surface area contributed by atoms with E-state index in [4.69, 9.17) is 19.7 Å². The van der Waals surface area contributed by atoms with Crippen LogP contribution in [0.2, 0.25) is 0 Å². The van der Waals surface area contributed by atoms with Crippen molar-refractivity contribution >= 4 is 23.1 Å². The second-order valence-corrected chi connectivity index (χ2v) is 6.83. The van der Waals surface area contributed by atoms with E-state index in [1.807, 2.05) is 25.1 Å². The van der Waals surface area contributed by atoms with Gasteiger partial charge in [0.1, 0.15) is 22.8 Å². The first kappa shape index (κ1) is 17.8. The molecule has 1 aromatic carbocycles. The molecular weight excluding hydrogens is 354 g/mol. The molecule has 0 aliphatic rings. The van der Waals surface area contributed by atoms with Gasteiger partial charge in [0.05, 0.1) is 19.1 Å². The number of aryl methyl sites for hydroxylation is 1. The van der Waals surface area contributed by atoms with Crippen molar-refractivity contribution in [2.75, 3.05) is 20.0 Å². The molecule has 3 rings (SSSR count). The Kier molecular flexibility index (Phi) is 5.13. The van der Waals surface area contributed by atoms with Crippen molar-refractivity contribution in [3.05, 3.63) is 46.3 Å². The number of carbonyl (C=O) groups excluding carboxylic acids is 1. The van der Waals surface area contributed by atoms with E-state index in [0.717, 1.165) is 15.3 Å². The van der Waals surface area contributed by atoms with Crippen LogP contribution in [-0.2, 0) is 6.54 Å². The molecule has 8 heteroatoms. The highest BCUT2D eigenvalue weighted by Gasteiger charge is 2.23. The third-order valence-corrected chi connectivity index (χ3v) is 4.86. The summed E-state index contributed by atoms with van der Waals surface area (Å²) in [7, 11) is 3.15. The van der Waals surface area contributed by atoms with Gasteiger partial charge in [-0.2, -0.15) is 0 Å². The molecule has 0 fully saturated rings. The lowest BCUT2D eigenvalue weighted by molar-refractivity contribution is 0.0952. The molecule has 136 valence electrons. The molecule has 0 aliphatic heterocycles. The molecule has 2 heterocycles. The van der Waals surface area contributed by atoms with Crippen LogP contribution in [0, 0.1) is 6.92 Å². The third-order valence-electron chi connectivity index (χ3n) is 3.85. The Bertz CT molecular complexity index is 932. The molecule has 0 saturated carbocycles. The lowest BCUT2D eigenvalue weighted by Crippen LogP contribution is -2.24. The summed E-state index contributed by atoms with van der Waals surface area (Å²) in [5, 5.41) is 6.78. The average Bonchev–Trinajstić information content (AvgIpc) is 3.24. The monoisotopic (exact) mass is 373 g/mol. The fourth-order valence-corrected chi connectivity index (χ4v) is 3.37. The number of ether oxygens (including phenoxy) is 2. The number of hydrogen-bond acceptors (Lipinski definition) is 7. The summed E-state index contributed by atoms with van der Waals surface area (Å²) in [6.45, 7) is 2.24. The number of rotatable bonds is 6. The minimum Gasteiger partial charge on any atom is -0.497 e. The minimum atomic E-state index is -0.359. The topological polar surface area (TPSA) is 99.6 Å². The van der Waals surface area contributed by atoms with Crippen LogP contribution >= 0.6 is 11.3 Å². The number of carbonyl (C=O) groups is 1. The largest absolute Gasteiger partial charge is 0.497 e. The van der Waals surface area contributed by atoms with Gasteiger partial charge in [0, 0.05) is 23.1 Å². The van der Waals surface area contributed by atoms with Gasteiger partial charge in [-0.25, -0.2) is 0 Å². The zero-order valence-corrected chi connectivity index (χ0v) is 15.5. The number of amides is 1. The highest BCUT2D eigenvalue weighted by atomic mass is 32.1. The van der Waals surface area contributed by atoms with E-state index in [-0.39, 0.29) is 23.9 Å². The van der Waals surface area contributed by atoms with Crippen LogP contribution < -0.4 is 20.5 Å². The van der Waals surface area contributed by atoms with Crippen LogP contribution in [0.4, 0.5) is 5.88 Å². The van der Waals surface area contributed by atoms with Crippen molar-refractivity contribution in [3.63, 3.8) is 0 Å². The van der Waals surface area contributed by atoms with E-state index in [1.165, 1.54) is 11.3 Å². The van der Waals surface area contributed by atoms with E-state index in [0.29, 0.717) is 17.2 Å². The summed E-state index contributed by atoms with van der Waals surface area (Å²) in [5.41, 5.74) is 7.31. The molecule has 26 heavy (non-hydrogen) atoms. The lowest BCUT2D eigenvalue weighted by Gasteiger charge is -2.11. The Balaban J connectivity index is 1.80. The second-order valence-electron chi connectivity index (χ2n) is 5.54. The lowest BCUT2D eigenvalue weighted by atomic mass is 10.1. The molecule has 2 aromatic heterocycles. The molecule has 0 aliphatic carbocycles. The van der Waals surface area contributed by atoms with Crippen molar-refractivity contribution in [2.45, 2.75) is 13.5 Å². The predicted molar refractivity (Wildman–Crippen MR) is 99.7 cm³/mol. The Morgan fingerprint density at radius 2 is 2.08 bits per heavy atom. The van der Waals surface area contributed by atoms with Crippen molar-refractivity contribution in [1.82, 2.24) is 10.5 Å². The summed E-state index contributed by atoms with van der Waals surface area (Å²) in [6, 6.07) is 9.24. The number of nitrogens with one attached hydrogen (secondary N) is 1. The van der Waals surface area contributed by atoms with Crippen molar-refractivity contribution < 1.29 is 18.8 Å². The molecule has 1 amide bonds. The zero-order chi connectivity index (χ0) is 18.7. The molecule has 7 nitrogen and oxygen atoms in total. The number of methoxy groups -OCH3 is 2. The van der Waals surface area contributed by atoms with E-state index in [2.05, 4.69) is 10.5 Å². The summed E-state index contributed by atoms with van der Waals surface area (Å²) in [4.78, 5) is 14.6. The summed E-state index contributed by atoms with van der Waals surface area (Å²) < 4.78 is 15.6. The van der Waals surface area contributed by atoms with Crippen LogP contribution in [-0.4, -0.2) is 25.3 Å². The number of nitrogen functional groups attached to an aromatic ring is 1. The fraction of sp³-hybridized carbons (Fsp3) is 0.222. The zero-order valence-electron chi connectivity index (χ0n) is 14.7. The van der Waals surface area contributed by atoms with E-state index in [9.17, 15) is 4.79 Å². The molecule has 0 radical (unpaired) electrons. The van der Waals surface area contributed by atoms with E-state index in [1.54, 1.807) is 26.4 Å². The van der Waals surface area contributed by atoms with Gasteiger partial charge in [0.25, 0.3) is 5.91 Å². The summed E-state index contributed by atoms with van der Waals surface area (Å²) in [6.07, 6.45) is 0. The van der Waals surface area contributed by atoms with Crippen LogP contribution in [0.15, 0.2) is 34.9 Å². The highest BCUT2D eigenvalue weighted by Crippen LogP contribution is 2.32. The Morgan fingerprint density at radius 3 is 2.73 bits per heavy atom. The van der Waals surface area contributed by atoms with Gasteiger partial charge in [-0.3, -0.25) is 4.79 Å². The molecule has 0 saturated heterocycles. The summed E-state index contributed by atoms with van der Waals surface area (Å²) in [5.74, 6) is 0.931. The first-order valence-electron chi connectivity index (χ1n) is 7.84. The molecule has 3 aromatic rings. The van der Waals surface area contributed by atoms with Crippen molar-refractivity contribution in [3.8, 4) is 22.1 Å². The van der Waals surface area contributed by atoms with Crippen LogP contribution in [0.3, 0.4) is 0 Å². The molecule has 0 spiro atoms. The quantitative estimate of drug-likeness (QED) is 0.688. The second kappa shape index (κ2) is 7.49. The van der Waals surface area contributed by atoms with Gasteiger partial charge in [-0.15, -0.1) is 11.3 Å². The van der Waals surface area contributed by atoms with Gasteiger partial charge in [-0.05, 0) is 31.2 Å². The van der Waals surface area contributed by atoms with Crippen molar-refractivity contribution in [1.29, 1.82) is 0 Å². The number of nitrogens with zero attached hydrogens (tertiary/aromatic N) is 1. The number of anilines is 1. The maximum atomic E-state index is 12.7. The first-order chi connectivity index (χ1) is 12.5. The van der Waals surface area contributed by atoms with Crippen LogP contribution in [0.25, 0.3) is 10.6 Å². The Hall–Kier alpha value is -3.00. The summed E-state index contributed by atoms with van der Waals surface area (Å²) >= 11 is 1.52. The smallest absolute Gasteiger partial charge is 0.259 e. The molecular formula is C18H19N3O4S. The maximum Gasteiger partial charge on any atom is 0.259 e. The van der Waals surface area contributed by atoms with E-state index < -0.39 is 0 Å². The predicted octanol–water partition coefficient (Wildman–Crippen LogP) is 3.24. The number of benzene rings is 1. The third kappa shape index (κ3) is 3.50. The Labute approximate surface area is 154 Å². The van der Waals surface area contributed by atoms with Crippen LogP contribution in [0.1, 0.15) is 20.8 Å². The van der Waals surface area contributed by atoms with Gasteiger partial charge >= 0.3 is 0 Å². The number of thiophene rings is 1. The number of nitrogens with two attached hydrogens (primary N) is 1. The highest BCUT2D eigenvalue weighted by molar-refractivity contribution is 7.15. The van der Waals surface area contributed by atoms with Gasteiger partial charge in [0.15, 0.2) is 0 Å². The van der Waals surface area contributed by atoms with Gasteiger partial charge in [-0.1, -0.05) is 5.16 Å². The van der Waals surface area contributed by atoms with Crippen molar-refractivity contribution in [2.24, 2.45) is 0 Å². The first-order valence-corrected chi connectivity index (χ1v) is 8.66. The molecule has 0 bridgehead atoms. The Morgan fingerprint density at radius 1 is 1.27 bits per heavy atom. The van der Waals surface area contributed by atoms with E-state index >= 15 is 0 Å². The van der Waals surface area contributed by atoms with Gasteiger partial charge in [0.2, 0.25) is 5.88 Å². The minimum absolute atomic E-state index is 0.00903. The standard InChI is InChI=1S/C18H19N3O4S/c1-10-4-7-14(26-10)16-15(17(19)25-21-16)18(22)20-9-11-5-6-12(23-2)8-13(11)24-3/h4-8H,9,19H2,1-3H3,(H,20,22). The molecule has 0 unspecified atom stereocenters. The SMILES string of the molecule is COc1ccc(CNC(=O)c2c(-c3ccc(C)s3)noc2N)c(OC)c1. The average molecular weight is 373 g/mol.